The van der Waals surface area contributed by atoms with Crippen LogP contribution in [-0.2, 0) is 27.3 Å². The molecule has 0 fully saturated rings. The number of amides is 1. The Morgan fingerprint density at radius 3 is 2.41 bits per heavy atom. The fourth-order valence-corrected chi connectivity index (χ4v) is 2.49. The van der Waals surface area contributed by atoms with Crippen molar-refractivity contribution in [2.24, 2.45) is 0 Å². The average Bonchev–Trinajstić information content (AvgIpc) is 2.66. The van der Waals surface area contributed by atoms with E-state index in [0.717, 1.165) is 12.0 Å². The van der Waals surface area contributed by atoms with Crippen LogP contribution in [0.2, 0.25) is 0 Å². The standard InChI is InChI=1S/C22H27NO4/c1-16(2)26-14-18-8-10-20(11-9-18)22(25)27-15-21(24)23-13-12-19-7-5-4-6-17(19)3/h4-11,16H,12-15H2,1-3H3,(H,23,24). The number of esters is 1. The summed E-state index contributed by atoms with van der Waals surface area (Å²) in [7, 11) is 0. The van der Waals surface area contributed by atoms with Gasteiger partial charge in [0.05, 0.1) is 18.3 Å². The predicted molar refractivity (Wildman–Crippen MR) is 105 cm³/mol. The lowest BCUT2D eigenvalue weighted by Crippen LogP contribution is -2.30. The van der Waals surface area contributed by atoms with Crippen molar-refractivity contribution in [2.45, 2.75) is 39.9 Å². The van der Waals surface area contributed by atoms with E-state index in [1.807, 2.05) is 57.2 Å². The van der Waals surface area contributed by atoms with Gasteiger partial charge >= 0.3 is 5.97 Å². The van der Waals surface area contributed by atoms with Gasteiger partial charge in [-0.1, -0.05) is 36.4 Å². The lowest BCUT2D eigenvalue weighted by Gasteiger charge is -2.09. The van der Waals surface area contributed by atoms with Crippen molar-refractivity contribution < 1.29 is 19.1 Å². The van der Waals surface area contributed by atoms with E-state index in [4.69, 9.17) is 9.47 Å². The Labute approximate surface area is 160 Å². The Bertz CT molecular complexity index is 753. The molecule has 0 aliphatic carbocycles. The minimum Gasteiger partial charge on any atom is -0.452 e. The second kappa shape index (κ2) is 10.5. The molecule has 1 amide bonds. The van der Waals surface area contributed by atoms with E-state index >= 15 is 0 Å². The zero-order valence-electron chi connectivity index (χ0n) is 16.2. The minimum atomic E-state index is -0.514. The highest BCUT2D eigenvalue weighted by molar-refractivity contribution is 5.91. The summed E-state index contributed by atoms with van der Waals surface area (Å²) in [5.74, 6) is -0.820. The van der Waals surface area contributed by atoms with Crippen molar-refractivity contribution in [3.05, 3.63) is 70.8 Å². The second-order valence-corrected chi connectivity index (χ2v) is 6.66. The molecule has 0 unspecified atom stereocenters. The third-order valence-electron chi connectivity index (χ3n) is 4.09. The molecule has 5 heteroatoms. The first kappa shape index (κ1) is 20.6. The molecular formula is C22H27NO4. The first-order valence-electron chi connectivity index (χ1n) is 9.14. The summed E-state index contributed by atoms with van der Waals surface area (Å²) in [6, 6.07) is 15.0. The van der Waals surface area contributed by atoms with E-state index in [9.17, 15) is 9.59 Å². The molecule has 0 saturated heterocycles. The number of ether oxygens (including phenoxy) is 2. The zero-order chi connectivity index (χ0) is 19.6. The minimum absolute atomic E-state index is 0.152. The van der Waals surface area contributed by atoms with Crippen LogP contribution in [0.1, 0.15) is 40.9 Å². The van der Waals surface area contributed by atoms with Gasteiger partial charge in [-0.05, 0) is 56.0 Å². The summed E-state index contributed by atoms with van der Waals surface area (Å²) in [4.78, 5) is 23.9. The number of benzene rings is 2. The van der Waals surface area contributed by atoms with Crippen LogP contribution in [0.5, 0.6) is 0 Å². The van der Waals surface area contributed by atoms with Gasteiger partial charge in [-0.25, -0.2) is 4.79 Å². The molecule has 144 valence electrons. The Morgan fingerprint density at radius 2 is 1.74 bits per heavy atom. The Hall–Kier alpha value is -2.66. The number of nitrogens with one attached hydrogen (secondary N) is 1. The number of rotatable bonds is 9. The molecule has 5 nitrogen and oxygen atoms in total. The summed E-state index contributed by atoms with van der Waals surface area (Å²) < 4.78 is 10.6. The van der Waals surface area contributed by atoms with Crippen molar-refractivity contribution in [2.75, 3.05) is 13.2 Å². The van der Waals surface area contributed by atoms with Gasteiger partial charge in [0.15, 0.2) is 6.61 Å². The fraction of sp³-hybridized carbons (Fsp3) is 0.364. The first-order valence-corrected chi connectivity index (χ1v) is 9.14. The van der Waals surface area contributed by atoms with Crippen molar-refractivity contribution in [3.63, 3.8) is 0 Å². The van der Waals surface area contributed by atoms with Gasteiger partial charge < -0.3 is 14.8 Å². The summed E-state index contributed by atoms with van der Waals surface area (Å²) in [5.41, 5.74) is 3.78. The van der Waals surface area contributed by atoms with Gasteiger partial charge in [-0.2, -0.15) is 0 Å². The Kier molecular flexibility index (Phi) is 8.01. The Balaban J connectivity index is 1.71. The molecule has 0 heterocycles. The quantitative estimate of drug-likeness (QED) is 0.688. The first-order chi connectivity index (χ1) is 13.0. The maximum atomic E-state index is 12.0. The Morgan fingerprint density at radius 1 is 1.04 bits per heavy atom. The molecule has 27 heavy (non-hydrogen) atoms. The lowest BCUT2D eigenvalue weighted by atomic mass is 10.1. The SMILES string of the molecule is Cc1ccccc1CCNC(=O)COC(=O)c1ccc(COC(C)C)cc1. The third kappa shape index (κ3) is 7.23. The molecule has 1 N–H and O–H groups in total. The van der Waals surface area contributed by atoms with Gasteiger partial charge in [0.2, 0.25) is 0 Å². The number of carbonyl (C=O) groups excluding carboxylic acids is 2. The van der Waals surface area contributed by atoms with E-state index in [2.05, 4.69) is 5.32 Å². The van der Waals surface area contributed by atoms with E-state index in [1.165, 1.54) is 11.1 Å². The predicted octanol–water partition coefficient (Wildman–Crippen LogP) is 3.44. The smallest absolute Gasteiger partial charge is 0.338 e. The number of aryl methyl sites for hydroxylation is 1. The molecule has 2 aromatic carbocycles. The van der Waals surface area contributed by atoms with E-state index in [0.29, 0.717) is 18.7 Å². The molecule has 0 aliphatic heterocycles. The highest BCUT2D eigenvalue weighted by Gasteiger charge is 2.10. The van der Waals surface area contributed by atoms with E-state index < -0.39 is 5.97 Å². The molecule has 0 saturated carbocycles. The lowest BCUT2D eigenvalue weighted by molar-refractivity contribution is -0.124. The van der Waals surface area contributed by atoms with Crippen molar-refractivity contribution in [3.8, 4) is 0 Å². The number of carbonyl (C=O) groups is 2. The van der Waals surface area contributed by atoms with Crippen LogP contribution in [0.15, 0.2) is 48.5 Å². The molecule has 0 radical (unpaired) electrons. The van der Waals surface area contributed by atoms with Gasteiger partial charge in [-0.3, -0.25) is 4.79 Å². The molecule has 0 atom stereocenters. The summed E-state index contributed by atoms with van der Waals surface area (Å²) in [5, 5.41) is 2.77. The van der Waals surface area contributed by atoms with Crippen molar-refractivity contribution >= 4 is 11.9 Å². The van der Waals surface area contributed by atoms with Gasteiger partial charge in [-0.15, -0.1) is 0 Å². The van der Waals surface area contributed by atoms with Crippen molar-refractivity contribution in [1.29, 1.82) is 0 Å². The van der Waals surface area contributed by atoms with E-state index in [1.54, 1.807) is 12.1 Å². The number of hydrogen-bond acceptors (Lipinski definition) is 4. The highest BCUT2D eigenvalue weighted by Crippen LogP contribution is 2.09. The van der Waals surface area contributed by atoms with Crippen LogP contribution in [0.4, 0.5) is 0 Å². The van der Waals surface area contributed by atoms with Crippen molar-refractivity contribution in [1.82, 2.24) is 5.32 Å². The van der Waals surface area contributed by atoms with E-state index in [-0.39, 0.29) is 18.6 Å². The molecular weight excluding hydrogens is 342 g/mol. The largest absolute Gasteiger partial charge is 0.452 e. The van der Waals surface area contributed by atoms with Gasteiger partial charge in [0.1, 0.15) is 0 Å². The molecule has 0 bridgehead atoms. The molecule has 0 spiro atoms. The zero-order valence-corrected chi connectivity index (χ0v) is 16.2. The molecule has 2 aromatic rings. The molecule has 2 rings (SSSR count). The van der Waals surface area contributed by atoms with Crippen LogP contribution >= 0.6 is 0 Å². The monoisotopic (exact) mass is 369 g/mol. The van der Waals surface area contributed by atoms with Crippen LogP contribution in [-0.4, -0.2) is 31.1 Å². The summed E-state index contributed by atoms with van der Waals surface area (Å²) in [6.45, 7) is 6.70. The van der Waals surface area contributed by atoms with Crippen LogP contribution in [0.3, 0.4) is 0 Å². The van der Waals surface area contributed by atoms with Gasteiger partial charge in [0.25, 0.3) is 5.91 Å². The fourth-order valence-electron chi connectivity index (χ4n) is 2.49. The second-order valence-electron chi connectivity index (χ2n) is 6.66. The van der Waals surface area contributed by atoms with Crippen LogP contribution in [0, 0.1) is 6.92 Å². The summed E-state index contributed by atoms with van der Waals surface area (Å²) in [6.07, 6.45) is 0.894. The topological polar surface area (TPSA) is 64.6 Å². The van der Waals surface area contributed by atoms with Gasteiger partial charge in [0, 0.05) is 6.54 Å². The normalized spacial score (nSPS) is 10.7. The average molecular weight is 369 g/mol. The van der Waals surface area contributed by atoms with Crippen LogP contribution < -0.4 is 5.32 Å². The summed E-state index contributed by atoms with van der Waals surface area (Å²) >= 11 is 0. The number of hydrogen-bond donors (Lipinski definition) is 1. The highest BCUT2D eigenvalue weighted by atomic mass is 16.5. The third-order valence-corrected chi connectivity index (χ3v) is 4.09. The molecule has 0 aliphatic rings. The molecule has 0 aromatic heterocycles. The maximum Gasteiger partial charge on any atom is 0.338 e. The maximum absolute atomic E-state index is 12.0. The van der Waals surface area contributed by atoms with Crippen LogP contribution in [0.25, 0.3) is 0 Å².